The van der Waals surface area contributed by atoms with Gasteiger partial charge in [-0.2, -0.15) is 0 Å². The molecule has 0 saturated heterocycles. The molecule has 2 rings (SSSR count). The van der Waals surface area contributed by atoms with E-state index in [9.17, 15) is 4.79 Å². The Bertz CT molecular complexity index is 522. The molecule has 0 aliphatic rings. The number of nitrogens with one attached hydrogen (secondary N) is 1. The molecule has 0 aromatic heterocycles. The number of carbonyl (C=O) groups is 1. The summed E-state index contributed by atoms with van der Waals surface area (Å²) in [5, 5.41) is 13.6. The van der Waals surface area contributed by atoms with Crippen molar-refractivity contribution in [3.05, 3.63) is 48.0 Å². The summed E-state index contributed by atoms with van der Waals surface area (Å²) in [6, 6.07) is 13.6. The Hall–Kier alpha value is -1.87. The molecule has 2 N–H and O–H groups in total. The zero-order chi connectivity index (χ0) is 12.1. The van der Waals surface area contributed by atoms with E-state index in [2.05, 4.69) is 5.32 Å². The van der Waals surface area contributed by atoms with Crippen molar-refractivity contribution >= 4 is 16.7 Å². The molecular formula is C14H15NO2. The second kappa shape index (κ2) is 5.46. The summed E-state index contributed by atoms with van der Waals surface area (Å²) in [5.41, 5.74) is 0.654. The molecule has 0 aliphatic carbocycles. The molecule has 0 saturated carbocycles. The van der Waals surface area contributed by atoms with Gasteiger partial charge in [0.05, 0.1) is 0 Å². The molecule has 0 unspecified atom stereocenters. The van der Waals surface area contributed by atoms with Crippen molar-refractivity contribution in [2.75, 3.05) is 13.2 Å². The van der Waals surface area contributed by atoms with Gasteiger partial charge in [-0.3, -0.25) is 4.79 Å². The Morgan fingerprint density at radius 2 is 1.88 bits per heavy atom. The summed E-state index contributed by atoms with van der Waals surface area (Å²) >= 11 is 0. The summed E-state index contributed by atoms with van der Waals surface area (Å²) in [6.45, 7) is 0.597. The second-order valence-electron chi connectivity index (χ2n) is 3.89. The molecule has 0 fully saturated rings. The monoisotopic (exact) mass is 229 g/mol. The zero-order valence-electron chi connectivity index (χ0n) is 9.52. The minimum Gasteiger partial charge on any atom is -0.396 e. The number of hydrogen-bond donors (Lipinski definition) is 2. The highest BCUT2D eigenvalue weighted by Gasteiger charge is 2.04. The van der Waals surface area contributed by atoms with Crippen LogP contribution in [0, 0.1) is 0 Å². The van der Waals surface area contributed by atoms with Crippen molar-refractivity contribution in [3.63, 3.8) is 0 Å². The van der Waals surface area contributed by atoms with Gasteiger partial charge >= 0.3 is 0 Å². The quantitative estimate of drug-likeness (QED) is 0.787. The predicted molar refractivity (Wildman–Crippen MR) is 68.0 cm³/mol. The number of hydrogen-bond acceptors (Lipinski definition) is 2. The number of carbonyl (C=O) groups excluding carboxylic acids is 1. The first-order valence-electron chi connectivity index (χ1n) is 5.69. The number of aliphatic hydroxyl groups is 1. The van der Waals surface area contributed by atoms with E-state index in [1.165, 1.54) is 0 Å². The SMILES string of the molecule is O=C(NCCCO)c1ccc2ccccc2c1. The molecular weight excluding hydrogens is 214 g/mol. The van der Waals surface area contributed by atoms with E-state index < -0.39 is 0 Å². The maximum atomic E-state index is 11.8. The topological polar surface area (TPSA) is 49.3 Å². The first kappa shape index (κ1) is 11.6. The number of fused-ring (bicyclic) bond motifs is 1. The standard InChI is InChI=1S/C14H15NO2/c16-9-3-8-15-14(17)13-7-6-11-4-1-2-5-12(11)10-13/h1-2,4-7,10,16H,3,8-9H2,(H,15,17). The van der Waals surface area contributed by atoms with Gasteiger partial charge in [0.15, 0.2) is 0 Å². The predicted octanol–water partition coefficient (Wildman–Crippen LogP) is 1.95. The first-order valence-corrected chi connectivity index (χ1v) is 5.69. The van der Waals surface area contributed by atoms with E-state index in [1.807, 2.05) is 42.5 Å². The van der Waals surface area contributed by atoms with Gasteiger partial charge in [-0.15, -0.1) is 0 Å². The lowest BCUT2D eigenvalue weighted by Crippen LogP contribution is -2.24. The lowest BCUT2D eigenvalue weighted by atomic mass is 10.1. The van der Waals surface area contributed by atoms with E-state index in [1.54, 1.807) is 0 Å². The van der Waals surface area contributed by atoms with Gasteiger partial charge in [0.25, 0.3) is 5.91 Å². The molecule has 88 valence electrons. The Morgan fingerprint density at radius 1 is 1.12 bits per heavy atom. The molecule has 3 nitrogen and oxygen atoms in total. The van der Waals surface area contributed by atoms with Crippen molar-refractivity contribution in [1.82, 2.24) is 5.32 Å². The summed E-state index contributed by atoms with van der Waals surface area (Å²) in [7, 11) is 0. The van der Waals surface area contributed by atoms with Crippen LogP contribution in [-0.4, -0.2) is 24.2 Å². The van der Waals surface area contributed by atoms with E-state index in [0.29, 0.717) is 18.5 Å². The van der Waals surface area contributed by atoms with Crippen molar-refractivity contribution < 1.29 is 9.90 Å². The lowest BCUT2D eigenvalue weighted by molar-refractivity contribution is 0.0951. The Balaban J connectivity index is 2.15. The van der Waals surface area contributed by atoms with Crippen LogP contribution in [0.1, 0.15) is 16.8 Å². The fraction of sp³-hybridized carbons (Fsp3) is 0.214. The van der Waals surface area contributed by atoms with Gasteiger partial charge in [0, 0.05) is 18.7 Å². The number of rotatable bonds is 4. The van der Waals surface area contributed by atoms with Gasteiger partial charge in [-0.25, -0.2) is 0 Å². The van der Waals surface area contributed by atoms with Crippen LogP contribution in [0.2, 0.25) is 0 Å². The summed E-state index contributed by atoms with van der Waals surface area (Å²) in [4.78, 5) is 11.8. The fourth-order valence-electron chi connectivity index (χ4n) is 1.71. The number of amides is 1. The average Bonchev–Trinajstić information content (AvgIpc) is 2.38. The van der Waals surface area contributed by atoms with Gasteiger partial charge in [0.2, 0.25) is 0 Å². The number of benzene rings is 2. The molecule has 2 aromatic rings. The smallest absolute Gasteiger partial charge is 0.251 e. The Morgan fingerprint density at radius 3 is 2.65 bits per heavy atom. The zero-order valence-corrected chi connectivity index (χ0v) is 9.52. The third-order valence-corrected chi connectivity index (χ3v) is 2.63. The highest BCUT2D eigenvalue weighted by atomic mass is 16.3. The summed E-state index contributed by atoms with van der Waals surface area (Å²) in [6.07, 6.45) is 0.583. The highest BCUT2D eigenvalue weighted by molar-refractivity contribution is 5.98. The van der Waals surface area contributed by atoms with Crippen molar-refractivity contribution in [1.29, 1.82) is 0 Å². The van der Waals surface area contributed by atoms with Crippen LogP contribution in [0.25, 0.3) is 10.8 Å². The van der Waals surface area contributed by atoms with Gasteiger partial charge in [-0.05, 0) is 29.3 Å². The van der Waals surface area contributed by atoms with Gasteiger partial charge in [-0.1, -0.05) is 30.3 Å². The first-order chi connectivity index (χ1) is 8.31. The van der Waals surface area contributed by atoms with Crippen LogP contribution in [0.4, 0.5) is 0 Å². The second-order valence-corrected chi connectivity index (χ2v) is 3.89. The molecule has 0 heterocycles. The maximum Gasteiger partial charge on any atom is 0.251 e. The summed E-state index contributed by atoms with van der Waals surface area (Å²) in [5.74, 6) is -0.0933. The van der Waals surface area contributed by atoms with E-state index in [4.69, 9.17) is 5.11 Å². The third-order valence-electron chi connectivity index (χ3n) is 2.63. The maximum absolute atomic E-state index is 11.8. The molecule has 2 aromatic carbocycles. The molecule has 0 bridgehead atoms. The van der Waals surface area contributed by atoms with Crippen LogP contribution in [0.5, 0.6) is 0 Å². The van der Waals surface area contributed by atoms with E-state index >= 15 is 0 Å². The molecule has 0 radical (unpaired) electrons. The molecule has 17 heavy (non-hydrogen) atoms. The van der Waals surface area contributed by atoms with Crippen LogP contribution in [-0.2, 0) is 0 Å². The van der Waals surface area contributed by atoms with Gasteiger partial charge in [0.1, 0.15) is 0 Å². The average molecular weight is 229 g/mol. The Kier molecular flexibility index (Phi) is 3.73. The fourth-order valence-corrected chi connectivity index (χ4v) is 1.71. The van der Waals surface area contributed by atoms with Crippen LogP contribution >= 0.6 is 0 Å². The van der Waals surface area contributed by atoms with Crippen LogP contribution in [0.3, 0.4) is 0 Å². The lowest BCUT2D eigenvalue weighted by Gasteiger charge is -2.05. The molecule has 3 heteroatoms. The number of aliphatic hydroxyl groups excluding tert-OH is 1. The van der Waals surface area contributed by atoms with E-state index in [0.717, 1.165) is 10.8 Å². The largest absolute Gasteiger partial charge is 0.396 e. The molecule has 0 spiro atoms. The van der Waals surface area contributed by atoms with Crippen molar-refractivity contribution in [2.45, 2.75) is 6.42 Å². The van der Waals surface area contributed by atoms with Crippen molar-refractivity contribution in [3.8, 4) is 0 Å². The Labute approximate surface area is 100 Å². The van der Waals surface area contributed by atoms with E-state index in [-0.39, 0.29) is 12.5 Å². The third kappa shape index (κ3) is 2.82. The molecule has 0 atom stereocenters. The summed E-state index contributed by atoms with van der Waals surface area (Å²) < 4.78 is 0. The molecule has 1 amide bonds. The van der Waals surface area contributed by atoms with Crippen molar-refractivity contribution in [2.24, 2.45) is 0 Å². The minimum absolute atomic E-state index is 0.0933. The minimum atomic E-state index is -0.0933. The highest BCUT2D eigenvalue weighted by Crippen LogP contribution is 2.15. The van der Waals surface area contributed by atoms with Crippen LogP contribution < -0.4 is 5.32 Å². The van der Waals surface area contributed by atoms with Crippen LogP contribution in [0.15, 0.2) is 42.5 Å². The normalized spacial score (nSPS) is 10.4. The van der Waals surface area contributed by atoms with Gasteiger partial charge < -0.3 is 10.4 Å². The molecule has 0 aliphatic heterocycles.